The van der Waals surface area contributed by atoms with Crippen LogP contribution in [0.1, 0.15) is 21.5 Å². The summed E-state index contributed by atoms with van der Waals surface area (Å²) in [6.07, 6.45) is -4.40. The first-order valence-corrected chi connectivity index (χ1v) is 9.53. The van der Waals surface area contributed by atoms with Crippen molar-refractivity contribution in [1.29, 1.82) is 0 Å². The highest BCUT2D eigenvalue weighted by Crippen LogP contribution is 2.40. The maximum Gasteiger partial charge on any atom is 0.274 e. The van der Waals surface area contributed by atoms with E-state index in [0.717, 1.165) is 41.3 Å². The van der Waals surface area contributed by atoms with Crippen molar-refractivity contribution in [3.8, 4) is 16.9 Å². The Morgan fingerprint density at radius 3 is 2.63 bits per heavy atom. The van der Waals surface area contributed by atoms with Gasteiger partial charge in [-0.25, -0.2) is 13.2 Å². The summed E-state index contributed by atoms with van der Waals surface area (Å²) in [7, 11) is 0. The molecular weight excluding hydrogens is 371 g/mol. The van der Waals surface area contributed by atoms with Crippen molar-refractivity contribution in [2.45, 2.75) is 25.6 Å². The van der Waals surface area contributed by atoms with Crippen LogP contribution in [-0.4, -0.2) is 13.0 Å². The van der Waals surface area contributed by atoms with Crippen molar-refractivity contribution in [1.82, 2.24) is 0 Å². The van der Waals surface area contributed by atoms with Crippen molar-refractivity contribution in [2.24, 2.45) is 0 Å². The largest absolute Gasteiger partial charge is 0.488 e. The smallest absolute Gasteiger partial charge is 0.274 e. The van der Waals surface area contributed by atoms with Gasteiger partial charge in [0.1, 0.15) is 12.4 Å². The summed E-state index contributed by atoms with van der Waals surface area (Å²) in [5.74, 6) is 0.722. The topological polar surface area (TPSA) is 21.3 Å². The fourth-order valence-electron chi connectivity index (χ4n) is 3.22. The quantitative estimate of drug-likeness (QED) is 0.539. The lowest BCUT2D eigenvalue weighted by atomic mass is 10.0. The first-order valence-electron chi connectivity index (χ1n) is 8.71. The van der Waals surface area contributed by atoms with Gasteiger partial charge in [0, 0.05) is 17.1 Å². The van der Waals surface area contributed by atoms with Gasteiger partial charge in [-0.3, -0.25) is 0 Å². The highest BCUT2D eigenvalue weighted by atomic mass is 32.1. The molecule has 4 rings (SSSR count). The Kier molecular flexibility index (Phi) is 5.07. The number of hydrogen-bond acceptors (Lipinski definition) is 3. The van der Waals surface area contributed by atoms with Gasteiger partial charge in [-0.15, -0.1) is 11.3 Å². The molecule has 0 saturated carbocycles. The molecule has 1 unspecified atom stereocenters. The highest BCUT2D eigenvalue weighted by molar-refractivity contribution is 7.12. The number of hydrogen-bond donors (Lipinski definition) is 1. The summed E-state index contributed by atoms with van der Waals surface area (Å²) in [5, 5.41) is 3.29. The number of nitrogens with one attached hydrogen (secondary N) is 1. The predicted octanol–water partition coefficient (Wildman–Crippen LogP) is 6.24. The Morgan fingerprint density at radius 1 is 1.04 bits per heavy atom. The number of thiophene rings is 1. The molecule has 1 N–H and O–H groups in total. The summed E-state index contributed by atoms with van der Waals surface area (Å²) < 4.78 is 46.0. The summed E-state index contributed by atoms with van der Waals surface area (Å²) in [4.78, 5) is 0.763. The minimum Gasteiger partial charge on any atom is -0.488 e. The zero-order chi connectivity index (χ0) is 18.8. The van der Waals surface area contributed by atoms with Crippen molar-refractivity contribution >= 4 is 17.0 Å². The van der Waals surface area contributed by atoms with E-state index in [1.165, 1.54) is 5.56 Å². The van der Waals surface area contributed by atoms with Crippen molar-refractivity contribution in [3.63, 3.8) is 0 Å². The molecule has 0 saturated heterocycles. The van der Waals surface area contributed by atoms with Crippen LogP contribution in [0.15, 0.2) is 54.6 Å². The number of fused-ring (bicyclic) bond motifs is 1. The first kappa shape index (κ1) is 17.9. The maximum absolute atomic E-state index is 14.1. The molecule has 1 aliphatic rings. The van der Waals surface area contributed by atoms with Gasteiger partial charge < -0.3 is 10.1 Å². The molecule has 3 aromatic rings. The van der Waals surface area contributed by atoms with E-state index in [9.17, 15) is 13.2 Å². The summed E-state index contributed by atoms with van der Waals surface area (Å²) in [6.45, 7) is 1.13. The standard InChI is InChI=1S/C21H18F3NOS/c22-19(21(23)24)20-17(13-4-2-1-3-5-13)11-16(27-20)12-26-15-6-7-18-14(10-15)8-9-25-18/h1-7,10-11,19,21,25H,8-9,12H2. The van der Waals surface area contributed by atoms with Gasteiger partial charge in [0.2, 0.25) is 0 Å². The van der Waals surface area contributed by atoms with Gasteiger partial charge >= 0.3 is 0 Å². The molecule has 2 nitrogen and oxygen atoms in total. The second-order valence-corrected chi connectivity index (χ2v) is 7.55. The van der Waals surface area contributed by atoms with Crippen LogP contribution >= 0.6 is 11.3 Å². The molecule has 27 heavy (non-hydrogen) atoms. The predicted molar refractivity (Wildman–Crippen MR) is 103 cm³/mol. The van der Waals surface area contributed by atoms with E-state index in [1.807, 2.05) is 24.3 Å². The van der Waals surface area contributed by atoms with Crippen LogP contribution in [0.4, 0.5) is 18.9 Å². The maximum atomic E-state index is 14.1. The minimum absolute atomic E-state index is 0.0490. The van der Waals surface area contributed by atoms with E-state index in [4.69, 9.17) is 4.74 Å². The van der Waals surface area contributed by atoms with E-state index >= 15 is 0 Å². The Balaban J connectivity index is 1.58. The third-order valence-electron chi connectivity index (χ3n) is 4.54. The monoisotopic (exact) mass is 389 g/mol. The Morgan fingerprint density at radius 2 is 1.85 bits per heavy atom. The van der Waals surface area contributed by atoms with Crippen molar-refractivity contribution in [2.75, 3.05) is 11.9 Å². The third-order valence-corrected chi connectivity index (χ3v) is 5.70. The van der Waals surface area contributed by atoms with Gasteiger partial charge in [0.15, 0.2) is 6.17 Å². The summed E-state index contributed by atoms with van der Waals surface area (Å²) in [6, 6.07) is 16.6. The Hall–Kier alpha value is -2.47. The second-order valence-electron chi connectivity index (χ2n) is 6.38. The summed E-state index contributed by atoms with van der Waals surface area (Å²) >= 11 is 1.04. The normalized spacial score (nSPS) is 14.1. The number of alkyl halides is 3. The number of anilines is 1. The van der Waals surface area contributed by atoms with E-state index in [0.29, 0.717) is 10.4 Å². The van der Waals surface area contributed by atoms with Gasteiger partial charge in [-0.2, -0.15) is 0 Å². The SMILES string of the molecule is FC(F)C(F)c1sc(COc2ccc3c(c2)CCN3)cc1-c1ccccc1. The van der Waals surface area contributed by atoms with Crippen LogP contribution < -0.4 is 10.1 Å². The van der Waals surface area contributed by atoms with Crippen LogP contribution in [0.3, 0.4) is 0 Å². The number of halogens is 3. The van der Waals surface area contributed by atoms with Crippen molar-refractivity contribution < 1.29 is 17.9 Å². The van der Waals surface area contributed by atoms with E-state index in [2.05, 4.69) is 5.32 Å². The van der Waals surface area contributed by atoms with Gasteiger partial charge in [-0.05, 0) is 47.4 Å². The molecule has 0 spiro atoms. The molecular formula is C21H18F3NOS. The number of benzene rings is 2. The van der Waals surface area contributed by atoms with Crippen LogP contribution in [0.25, 0.3) is 11.1 Å². The van der Waals surface area contributed by atoms with Crippen LogP contribution in [-0.2, 0) is 13.0 Å². The lowest BCUT2D eigenvalue weighted by Gasteiger charge is -2.08. The minimum atomic E-state index is -3.05. The fraction of sp³-hybridized carbons (Fsp3) is 0.238. The highest BCUT2D eigenvalue weighted by Gasteiger charge is 2.27. The van der Waals surface area contributed by atoms with E-state index in [1.54, 1.807) is 30.3 Å². The molecule has 140 valence electrons. The molecule has 0 bridgehead atoms. The molecule has 2 heterocycles. The third kappa shape index (κ3) is 3.81. The molecule has 1 aliphatic heterocycles. The zero-order valence-electron chi connectivity index (χ0n) is 14.4. The van der Waals surface area contributed by atoms with Gasteiger partial charge in [-0.1, -0.05) is 30.3 Å². The average molecular weight is 389 g/mol. The van der Waals surface area contributed by atoms with Gasteiger partial charge in [0.05, 0.1) is 4.88 Å². The van der Waals surface area contributed by atoms with E-state index < -0.39 is 12.6 Å². The van der Waals surface area contributed by atoms with Crippen LogP contribution in [0.5, 0.6) is 5.75 Å². The van der Waals surface area contributed by atoms with Gasteiger partial charge in [0.25, 0.3) is 6.43 Å². The Bertz CT molecular complexity index is 926. The zero-order valence-corrected chi connectivity index (χ0v) is 15.2. The molecule has 1 aromatic heterocycles. The fourth-order valence-corrected chi connectivity index (χ4v) is 4.30. The molecule has 6 heteroatoms. The van der Waals surface area contributed by atoms with Crippen LogP contribution in [0, 0.1) is 0 Å². The number of rotatable bonds is 6. The first-order chi connectivity index (χ1) is 13.1. The Labute approximate surface area is 159 Å². The second kappa shape index (κ2) is 7.64. The van der Waals surface area contributed by atoms with Crippen molar-refractivity contribution in [3.05, 3.63) is 69.9 Å². The van der Waals surface area contributed by atoms with Crippen LogP contribution in [0.2, 0.25) is 0 Å². The molecule has 0 amide bonds. The molecule has 1 atom stereocenters. The average Bonchev–Trinajstić information content (AvgIpc) is 3.32. The molecule has 0 radical (unpaired) electrons. The number of ether oxygens (including phenoxy) is 1. The lowest BCUT2D eigenvalue weighted by Crippen LogP contribution is -2.02. The summed E-state index contributed by atoms with van der Waals surface area (Å²) in [5.41, 5.74) is 3.54. The molecule has 2 aromatic carbocycles. The molecule has 0 fully saturated rings. The molecule has 0 aliphatic carbocycles. The van der Waals surface area contributed by atoms with E-state index in [-0.39, 0.29) is 11.5 Å². The lowest BCUT2D eigenvalue weighted by molar-refractivity contribution is 0.0517.